The van der Waals surface area contributed by atoms with Crippen LogP contribution in [0.2, 0.25) is 0 Å². The number of rotatable bonds is 15. The second-order valence-corrected chi connectivity index (χ2v) is 10.2. The van der Waals surface area contributed by atoms with Crippen molar-refractivity contribution in [2.24, 2.45) is 5.92 Å². The second kappa shape index (κ2) is 14.7. The Hall–Kier alpha value is -3.21. The number of unbranched alkanes of at least 4 members (excludes halogenated alkanes) is 2. The molecular weight excluding hydrogens is 494 g/mol. The molecule has 2 N–H and O–H groups in total. The third kappa shape index (κ3) is 8.41. The van der Waals surface area contributed by atoms with Crippen LogP contribution in [0.3, 0.4) is 0 Å². The number of likely N-dealkylation sites (tertiary alicyclic amines) is 1. The van der Waals surface area contributed by atoms with Crippen LogP contribution in [0.5, 0.6) is 0 Å². The Morgan fingerprint density at radius 3 is 2.55 bits per heavy atom. The van der Waals surface area contributed by atoms with Crippen molar-refractivity contribution in [3.05, 3.63) is 46.0 Å². The van der Waals surface area contributed by atoms with Gasteiger partial charge in [0.05, 0.1) is 19.3 Å². The fourth-order valence-corrected chi connectivity index (χ4v) is 5.61. The Bertz CT molecular complexity index is 944. The van der Waals surface area contributed by atoms with Crippen molar-refractivity contribution in [1.29, 1.82) is 0 Å². The third-order valence-corrected chi connectivity index (χ3v) is 7.53. The largest absolute Gasteiger partial charge is 0.480 e. The molecule has 0 radical (unpaired) electrons. The molecule has 38 heavy (non-hydrogen) atoms. The van der Waals surface area contributed by atoms with Crippen LogP contribution in [-0.4, -0.2) is 70.3 Å². The minimum Gasteiger partial charge on any atom is -0.480 e. The first-order valence-corrected chi connectivity index (χ1v) is 13.6. The smallest absolute Gasteiger partial charge is 0.328 e. The summed E-state index contributed by atoms with van der Waals surface area (Å²) in [6.07, 6.45) is 6.89. The van der Waals surface area contributed by atoms with Crippen molar-refractivity contribution >= 4 is 17.8 Å². The maximum Gasteiger partial charge on any atom is 0.328 e. The zero-order chi connectivity index (χ0) is 27.5. The number of hydrogen-bond donors (Lipinski definition) is 2. The van der Waals surface area contributed by atoms with E-state index in [2.05, 4.69) is 10.2 Å². The molecule has 1 heterocycles. The van der Waals surface area contributed by atoms with E-state index >= 15 is 0 Å². The van der Waals surface area contributed by atoms with Crippen molar-refractivity contribution in [3.63, 3.8) is 0 Å². The SMILES string of the molecule is CC(NC(CCc1ccccc1)C(=O)O)C(=O)N1C(C(=O)OCCCCCO[N+](=O)[O-])CC2CCCCC21. The summed E-state index contributed by atoms with van der Waals surface area (Å²) in [7, 11) is 0. The monoisotopic (exact) mass is 533 g/mol. The molecule has 1 saturated heterocycles. The van der Waals surface area contributed by atoms with E-state index in [4.69, 9.17) is 4.74 Å². The highest BCUT2D eigenvalue weighted by molar-refractivity contribution is 5.89. The molecule has 11 heteroatoms. The van der Waals surface area contributed by atoms with Crippen LogP contribution in [0.25, 0.3) is 0 Å². The van der Waals surface area contributed by atoms with Crippen molar-refractivity contribution < 1.29 is 34.2 Å². The van der Waals surface area contributed by atoms with Gasteiger partial charge in [-0.15, -0.1) is 10.1 Å². The molecule has 1 aromatic carbocycles. The number of esters is 1. The van der Waals surface area contributed by atoms with Crippen molar-refractivity contribution in [1.82, 2.24) is 10.2 Å². The fraction of sp³-hybridized carbons (Fsp3) is 0.667. The van der Waals surface area contributed by atoms with Gasteiger partial charge in [0.15, 0.2) is 0 Å². The van der Waals surface area contributed by atoms with E-state index in [0.29, 0.717) is 38.5 Å². The first kappa shape index (κ1) is 29.3. The summed E-state index contributed by atoms with van der Waals surface area (Å²) in [6.45, 7) is 1.83. The van der Waals surface area contributed by atoms with E-state index in [-0.39, 0.29) is 31.1 Å². The van der Waals surface area contributed by atoms with Gasteiger partial charge in [-0.1, -0.05) is 43.2 Å². The molecule has 3 rings (SSSR count). The van der Waals surface area contributed by atoms with Crippen molar-refractivity contribution in [2.45, 2.75) is 95.3 Å². The number of carboxylic acid groups (broad SMARTS) is 1. The molecule has 1 aromatic rings. The molecule has 0 aromatic heterocycles. The van der Waals surface area contributed by atoms with Crippen molar-refractivity contribution in [2.75, 3.05) is 13.2 Å². The van der Waals surface area contributed by atoms with Crippen LogP contribution in [-0.2, 0) is 30.4 Å². The highest BCUT2D eigenvalue weighted by Crippen LogP contribution is 2.40. The zero-order valence-electron chi connectivity index (χ0n) is 22.0. The summed E-state index contributed by atoms with van der Waals surface area (Å²) in [5.74, 6) is -1.51. The van der Waals surface area contributed by atoms with Gasteiger partial charge in [-0.3, -0.25) is 14.9 Å². The van der Waals surface area contributed by atoms with E-state index in [1.54, 1.807) is 11.8 Å². The molecule has 210 valence electrons. The highest BCUT2D eigenvalue weighted by atomic mass is 16.9. The molecule has 0 spiro atoms. The average Bonchev–Trinajstić information content (AvgIpc) is 3.29. The maximum absolute atomic E-state index is 13.6. The first-order valence-electron chi connectivity index (χ1n) is 13.6. The molecular formula is C27H39N3O8. The van der Waals surface area contributed by atoms with Crippen molar-refractivity contribution in [3.8, 4) is 0 Å². The molecule has 2 fully saturated rings. The number of nitrogens with zero attached hydrogens (tertiary/aromatic N) is 2. The Morgan fingerprint density at radius 2 is 1.84 bits per heavy atom. The minimum atomic E-state index is -1.02. The number of carbonyl (C=O) groups excluding carboxylic acids is 2. The predicted octanol–water partition coefficient (Wildman–Crippen LogP) is 3.13. The lowest BCUT2D eigenvalue weighted by Crippen LogP contribution is -2.55. The number of hydrogen-bond acceptors (Lipinski definition) is 8. The Kier molecular flexibility index (Phi) is 11.3. The Balaban J connectivity index is 1.58. The van der Waals surface area contributed by atoms with Gasteiger partial charge in [-0.05, 0) is 69.8 Å². The van der Waals surface area contributed by atoms with Gasteiger partial charge in [0.25, 0.3) is 5.09 Å². The number of ether oxygens (including phenoxy) is 1. The van der Waals surface area contributed by atoms with Gasteiger partial charge >= 0.3 is 11.9 Å². The number of carbonyl (C=O) groups is 3. The van der Waals surface area contributed by atoms with Gasteiger partial charge in [0.2, 0.25) is 5.91 Å². The minimum absolute atomic E-state index is 0.00276. The summed E-state index contributed by atoms with van der Waals surface area (Å²) in [6, 6.07) is 7.19. The molecule has 2 aliphatic rings. The number of nitrogens with one attached hydrogen (secondary N) is 1. The molecule has 5 atom stereocenters. The summed E-state index contributed by atoms with van der Waals surface area (Å²) in [4.78, 5) is 54.8. The second-order valence-electron chi connectivity index (χ2n) is 10.2. The number of aryl methyl sites for hydroxylation is 1. The Morgan fingerprint density at radius 1 is 1.13 bits per heavy atom. The number of benzene rings is 1. The molecule has 1 amide bonds. The maximum atomic E-state index is 13.6. The van der Waals surface area contributed by atoms with Crippen LogP contribution < -0.4 is 5.32 Å². The molecule has 11 nitrogen and oxygen atoms in total. The van der Waals surface area contributed by atoms with Crippen LogP contribution in [0.1, 0.15) is 70.3 Å². The standard InChI is InChI=1S/C27H39N3O8/c1-19(28-22(26(32)33)15-14-20-10-4-2-5-11-20)25(31)29-23-13-7-6-12-21(23)18-24(29)27(34)37-16-8-3-9-17-38-30(35)36/h2,4-5,10-11,19,21-24,28H,3,6-9,12-18H2,1H3,(H,32,33). The van der Waals surface area contributed by atoms with Gasteiger partial charge in [0.1, 0.15) is 12.1 Å². The number of fused-ring (bicyclic) bond motifs is 1. The number of amides is 1. The lowest BCUT2D eigenvalue weighted by Gasteiger charge is -2.35. The fourth-order valence-electron chi connectivity index (χ4n) is 5.61. The molecule has 1 saturated carbocycles. The topological polar surface area (TPSA) is 148 Å². The summed E-state index contributed by atoms with van der Waals surface area (Å²) >= 11 is 0. The van der Waals surface area contributed by atoms with Crippen LogP contribution >= 0.6 is 0 Å². The van der Waals surface area contributed by atoms with Gasteiger partial charge in [-0.2, -0.15) is 0 Å². The van der Waals surface area contributed by atoms with E-state index < -0.39 is 35.2 Å². The van der Waals surface area contributed by atoms with Gasteiger partial charge < -0.3 is 19.6 Å². The zero-order valence-corrected chi connectivity index (χ0v) is 22.0. The summed E-state index contributed by atoms with van der Waals surface area (Å²) in [5.41, 5.74) is 1.03. The molecule has 1 aliphatic heterocycles. The van der Waals surface area contributed by atoms with E-state index in [0.717, 1.165) is 31.2 Å². The lowest BCUT2D eigenvalue weighted by atomic mass is 9.84. The number of aliphatic carboxylic acids is 1. The predicted molar refractivity (Wildman–Crippen MR) is 138 cm³/mol. The third-order valence-electron chi connectivity index (χ3n) is 7.53. The summed E-state index contributed by atoms with van der Waals surface area (Å²) < 4.78 is 5.50. The Labute approximate surface area is 223 Å². The van der Waals surface area contributed by atoms with E-state index in [1.165, 1.54) is 0 Å². The van der Waals surface area contributed by atoms with Gasteiger partial charge in [0, 0.05) is 6.04 Å². The van der Waals surface area contributed by atoms with E-state index in [1.807, 2.05) is 30.3 Å². The average molecular weight is 534 g/mol. The normalized spacial score (nSPS) is 22.2. The molecule has 5 unspecified atom stereocenters. The lowest BCUT2D eigenvalue weighted by molar-refractivity contribution is -0.757. The summed E-state index contributed by atoms with van der Waals surface area (Å²) in [5, 5.41) is 22.1. The highest BCUT2D eigenvalue weighted by Gasteiger charge is 2.49. The quantitative estimate of drug-likeness (QED) is 0.150. The van der Waals surface area contributed by atoms with Crippen LogP contribution in [0.15, 0.2) is 30.3 Å². The molecule has 0 bridgehead atoms. The first-order chi connectivity index (χ1) is 18.3. The van der Waals surface area contributed by atoms with Crippen LogP contribution in [0.4, 0.5) is 0 Å². The molecule has 1 aliphatic carbocycles. The van der Waals surface area contributed by atoms with Crippen LogP contribution in [0, 0.1) is 16.0 Å². The van der Waals surface area contributed by atoms with Gasteiger partial charge in [-0.25, -0.2) is 4.79 Å². The number of carboxylic acids is 1. The van der Waals surface area contributed by atoms with E-state index in [9.17, 15) is 29.6 Å².